The first-order valence-corrected chi connectivity index (χ1v) is 6.15. The van der Waals surface area contributed by atoms with Gasteiger partial charge in [0.1, 0.15) is 11.7 Å². The molecule has 20 heavy (non-hydrogen) atoms. The molecule has 0 spiro atoms. The number of halogens is 3. The van der Waals surface area contributed by atoms with E-state index in [1.165, 1.54) is 0 Å². The minimum Gasteiger partial charge on any atom is -0.387 e. The van der Waals surface area contributed by atoms with Gasteiger partial charge in [-0.05, 0) is 0 Å². The molecule has 1 saturated carbocycles. The van der Waals surface area contributed by atoms with Crippen LogP contribution in [0.25, 0.3) is 0 Å². The Morgan fingerprint density at radius 1 is 1.65 bits per heavy atom. The van der Waals surface area contributed by atoms with Crippen LogP contribution in [-0.4, -0.2) is 49.1 Å². The number of fused-ring (bicyclic) bond motifs is 1. The first-order valence-electron chi connectivity index (χ1n) is 5.62. The topological polar surface area (TPSA) is 111 Å². The molecular formula is C10H10ClF2N3O4. The van der Waals surface area contributed by atoms with Crippen molar-refractivity contribution in [2.24, 2.45) is 0 Å². The summed E-state index contributed by atoms with van der Waals surface area (Å²) in [6.45, 7) is 0. The summed E-state index contributed by atoms with van der Waals surface area (Å²) in [5.74, 6) is -2.05. The molecule has 4 N–H and O–H groups in total. The fourth-order valence-electron chi connectivity index (χ4n) is 2.58. The lowest BCUT2D eigenvalue weighted by Gasteiger charge is -2.21. The quantitative estimate of drug-likeness (QED) is 0.599. The van der Waals surface area contributed by atoms with Crippen molar-refractivity contribution >= 4 is 17.4 Å². The normalized spacial score (nSPS) is 42.5. The fourth-order valence-corrected chi connectivity index (χ4v) is 3.00. The molecule has 0 bridgehead atoms. The zero-order chi connectivity index (χ0) is 14.9. The third-order valence-electron chi connectivity index (χ3n) is 3.86. The summed E-state index contributed by atoms with van der Waals surface area (Å²) >= 11 is 5.58. The molecule has 110 valence electrons. The summed E-state index contributed by atoms with van der Waals surface area (Å²) in [4.78, 5) is 14.8. The Kier molecular flexibility index (Phi) is 2.65. The van der Waals surface area contributed by atoms with Gasteiger partial charge in [0.25, 0.3) is 0 Å². The maximum absolute atomic E-state index is 14.3. The monoisotopic (exact) mass is 309 g/mol. The Labute approximate surface area is 115 Å². The SMILES string of the molecule is Nc1nc(=O)n([C@@H]2O[C@]3(CCl)C(O)[C@]3(O)[C@H]2F)cc1F. The Bertz CT molecular complexity index is 639. The van der Waals surface area contributed by atoms with Crippen LogP contribution in [0.5, 0.6) is 0 Å². The van der Waals surface area contributed by atoms with Crippen molar-refractivity contribution in [3.8, 4) is 0 Å². The van der Waals surface area contributed by atoms with Gasteiger partial charge < -0.3 is 20.7 Å². The van der Waals surface area contributed by atoms with Crippen LogP contribution in [0.1, 0.15) is 6.23 Å². The molecule has 7 nitrogen and oxygen atoms in total. The molecule has 3 rings (SSSR count). The second-order valence-corrected chi connectivity index (χ2v) is 5.09. The van der Waals surface area contributed by atoms with Gasteiger partial charge in [-0.15, -0.1) is 11.6 Å². The smallest absolute Gasteiger partial charge is 0.351 e. The zero-order valence-electron chi connectivity index (χ0n) is 9.83. The highest BCUT2D eigenvalue weighted by molar-refractivity contribution is 6.19. The molecule has 1 aromatic heterocycles. The number of aromatic nitrogens is 2. The van der Waals surface area contributed by atoms with Crippen molar-refractivity contribution in [3.63, 3.8) is 0 Å². The van der Waals surface area contributed by atoms with Gasteiger partial charge in [-0.3, -0.25) is 4.57 Å². The first-order chi connectivity index (χ1) is 9.29. The number of hydrogen-bond donors (Lipinski definition) is 3. The van der Waals surface area contributed by atoms with Gasteiger partial charge in [-0.2, -0.15) is 4.98 Å². The van der Waals surface area contributed by atoms with Gasteiger partial charge in [0.15, 0.2) is 29.6 Å². The lowest BCUT2D eigenvalue weighted by molar-refractivity contribution is -0.0871. The van der Waals surface area contributed by atoms with Gasteiger partial charge >= 0.3 is 5.69 Å². The average molecular weight is 310 g/mol. The highest BCUT2D eigenvalue weighted by atomic mass is 35.5. The predicted octanol–water partition coefficient (Wildman–Crippen LogP) is -1.09. The Morgan fingerprint density at radius 2 is 2.30 bits per heavy atom. The summed E-state index contributed by atoms with van der Waals surface area (Å²) < 4.78 is 33.3. The van der Waals surface area contributed by atoms with E-state index in [1.807, 2.05) is 0 Å². The molecule has 1 aliphatic heterocycles. The lowest BCUT2D eigenvalue weighted by Crippen LogP contribution is -2.38. The van der Waals surface area contributed by atoms with E-state index in [9.17, 15) is 23.8 Å². The van der Waals surface area contributed by atoms with Crippen molar-refractivity contribution in [3.05, 3.63) is 22.5 Å². The molecule has 1 saturated heterocycles. The number of hydrogen-bond acceptors (Lipinski definition) is 6. The molecule has 5 atom stereocenters. The minimum atomic E-state index is -2.23. The van der Waals surface area contributed by atoms with Crippen molar-refractivity contribution in [2.45, 2.75) is 29.7 Å². The van der Waals surface area contributed by atoms with Gasteiger partial charge in [0.05, 0.1) is 12.1 Å². The van der Waals surface area contributed by atoms with Gasteiger partial charge in [-0.1, -0.05) is 0 Å². The van der Waals surface area contributed by atoms with Crippen molar-refractivity contribution in [1.29, 1.82) is 0 Å². The van der Waals surface area contributed by atoms with Crippen LogP contribution in [0.15, 0.2) is 11.0 Å². The van der Waals surface area contributed by atoms with E-state index < -0.39 is 47.0 Å². The Balaban J connectivity index is 2.03. The Hall–Kier alpha value is -1.29. The summed E-state index contributed by atoms with van der Waals surface area (Å²) in [5, 5.41) is 19.6. The van der Waals surface area contributed by atoms with Crippen LogP contribution in [-0.2, 0) is 4.74 Å². The maximum Gasteiger partial charge on any atom is 0.351 e. The molecule has 0 radical (unpaired) electrons. The lowest BCUT2D eigenvalue weighted by atomic mass is 10.1. The molecule has 0 aromatic carbocycles. The second kappa shape index (κ2) is 3.88. The molecule has 1 unspecified atom stereocenters. The molecule has 1 aromatic rings. The first kappa shape index (κ1) is 13.7. The molecule has 10 heteroatoms. The number of alkyl halides is 2. The van der Waals surface area contributed by atoms with Gasteiger partial charge in [0, 0.05) is 0 Å². The number of nitrogens with two attached hydrogens (primary N) is 1. The summed E-state index contributed by atoms with van der Waals surface area (Å²) in [7, 11) is 0. The number of aliphatic hydroxyl groups excluding tert-OH is 1. The van der Waals surface area contributed by atoms with Crippen LogP contribution in [0.4, 0.5) is 14.6 Å². The number of rotatable bonds is 2. The predicted molar refractivity (Wildman–Crippen MR) is 62.3 cm³/mol. The fraction of sp³-hybridized carbons (Fsp3) is 0.600. The largest absolute Gasteiger partial charge is 0.387 e. The van der Waals surface area contributed by atoms with E-state index in [-0.39, 0.29) is 5.88 Å². The van der Waals surface area contributed by atoms with E-state index in [1.54, 1.807) is 0 Å². The van der Waals surface area contributed by atoms with E-state index >= 15 is 0 Å². The van der Waals surface area contributed by atoms with E-state index in [0.29, 0.717) is 10.8 Å². The summed E-state index contributed by atoms with van der Waals surface area (Å²) in [5.41, 5.74) is 0.136. The standard InChI is InChI=1S/C10H10ClF2N3O4/c11-2-9-7(17)10(9,19)4(13)6(20-9)16-1-3(12)5(14)15-8(16)18/h1,4,6-7,17,19H,2H2,(H2,14,15,18)/t4-,6+,7?,9+,10+/m0/s1. The highest BCUT2D eigenvalue weighted by Crippen LogP contribution is 2.63. The molecule has 1 aliphatic carbocycles. The van der Waals surface area contributed by atoms with Crippen molar-refractivity contribution < 1.29 is 23.7 Å². The van der Waals surface area contributed by atoms with Crippen LogP contribution < -0.4 is 11.4 Å². The number of nitrogen functional groups attached to an aromatic ring is 1. The molecule has 0 amide bonds. The Morgan fingerprint density at radius 3 is 2.85 bits per heavy atom. The molecule has 2 aliphatic rings. The average Bonchev–Trinajstić information content (AvgIpc) is 2.76. The summed E-state index contributed by atoms with van der Waals surface area (Å²) in [6.07, 6.45) is -4.69. The second-order valence-electron chi connectivity index (χ2n) is 4.83. The minimum absolute atomic E-state index is 0.388. The van der Waals surface area contributed by atoms with E-state index in [2.05, 4.69) is 4.98 Å². The number of anilines is 1. The molecule has 2 fully saturated rings. The molecule has 2 heterocycles. The third kappa shape index (κ3) is 1.33. The van der Waals surface area contributed by atoms with E-state index in [4.69, 9.17) is 22.1 Å². The van der Waals surface area contributed by atoms with Crippen LogP contribution >= 0.6 is 11.6 Å². The van der Waals surface area contributed by atoms with Crippen molar-refractivity contribution in [1.82, 2.24) is 9.55 Å². The summed E-state index contributed by atoms with van der Waals surface area (Å²) in [6, 6.07) is 0. The maximum atomic E-state index is 14.3. The van der Waals surface area contributed by atoms with Crippen molar-refractivity contribution in [2.75, 3.05) is 11.6 Å². The van der Waals surface area contributed by atoms with Crippen LogP contribution in [0, 0.1) is 5.82 Å². The van der Waals surface area contributed by atoms with Crippen LogP contribution in [0.2, 0.25) is 0 Å². The highest BCUT2D eigenvalue weighted by Gasteiger charge is 2.87. The number of aliphatic hydroxyl groups is 2. The van der Waals surface area contributed by atoms with E-state index in [0.717, 1.165) is 0 Å². The number of nitrogens with zero attached hydrogens (tertiary/aromatic N) is 2. The third-order valence-corrected chi connectivity index (χ3v) is 4.26. The number of ether oxygens (including phenoxy) is 1. The van der Waals surface area contributed by atoms with Gasteiger partial charge in [0.2, 0.25) is 0 Å². The van der Waals surface area contributed by atoms with Gasteiger partial charge in [-0.25, -0.2) is 13.6 Å². The van der Waals surface area contributed by atoms with Crippen LogP contribution in [0.3, 0.4) is 0 Å². The zero-order valence-corrected chi connectivity index (χ0v) is 10.6. The molecular weight excluding hydrogens is 300 g/mol.